The lowest BCUT2D eigenvalue weighted by Crippen LogP contribution is -2.38. The van der Waals surface area contributed by atoms with Gasteiger partial charge in [0.1, 0.15) is 11.4 Å². The number of hydrogen-bond acceptors (Lipinski definition) is 3. The first-order chi connectivity index (χ1) is 9.66. The molecule has 3 rings (SSSR count). The molecule has 2 unspecified atom stereocenters. The van der Waals surface area contributed by atoms with Crippen molar-refractivity contribution in [3.63, 3.8) is 0 Å². The van der Waals surface area contributed by atoms with E-state index < -0.39 is 6.10 Å². The predicted molar refractivity (Wildman–Crippen MR) is 80.0 cm³/mol. The van der Waals surface area contributed by atoms with Crippen molar-refractivity contribution < 1.29 is 9.84 Å². The van der Waals surface area contributed by atoms with Crippen LogP contribution in [0.3, 0.4) is 0 Å². The number of likely N-dealkylation sites (tertiary alicyclic amines) is 1. The van der Waals surface area contributed by atoms with Crippen LogP contribution >= 0.6 is 0 Å². The number of fused-ring (bicyclic) bond motifs is 1. The Balaban J connectivity index is 1.59. The van der Waals surface area contributed by atoms with Gasteiger partial charge >= 0.3 is 0 Å². The molecular weight excluding hydrogens is 250 g/mol. The van der Waals surface area contributed by atoms with Crippen LogP contribution in [0.1, 0.15) is 50.7 Å². The second-order valence-corrected chi connectivity index (χ2v) is 6.46. The molecule has 110 valence electrons. The molecule has 0 aromatic heterocycles. The molecule has 1 N–H and O–H groups in total. The normalized spacial score (nSPS) is 30.0. The minimum atomic E-state index is -0.392. The number of rotatable bonds is 4. The van der Waals surface area contributed by atoms with Gasteiger partial charge in [-0.1, -0.05) is 18.2 Å². The number of para-hydroxylation sites is 1. The molecule has 0 radical (unpaired) electrons. The molecule has 0 saturated carbocycles. The van der Waals surface area contributed by atoms with Crippen LogP contribution in [-0.4, -0.2) is 35.2 Å². The number of aliphatic hydroxyl groups excluding tert-OH is 1. The summed E-state index contributed by atoms with van der Waals surface area (Å²) >= 11 is 0. The van der Waals surface area contributed by atoms with Crippen LogP contribution in [0.2, 0.25) is 0 Å². The average molecular weight is 275 g/mol. The molecule has 0 aliphatic carbocycles. The minimum Gasteiger partial charge on any atom is -0.487 e. The zero-order chi connectivity index (χ0) is 14.0. The zero-order valence-corrected chi connectivity index (χ0v) is 12.3. The van der Waals surface area contributed by atoms with Gasteiger partial charge in [0.05, 0.1) is 6.10 Å². The molecule has 2 atom stereocenters. The molecular formula is C17H25NO2. The van der Waals surface area contributed by atoms with Crippen molar-refractivity contribution in [2.45, 2.75) is 50.7 Å². The lowest BCUT2D eigenvalue weighted by atomic mass is 9.87. The fraction of sp³-hybridized carbons (Fsp3) is 0.647. The summed E-state index contributed by atoms with van der Waals surface area (Å²) in [7, 11) is 0. The first kappa shape index (κ1) is 13.9. The van der Waals surface area contributed by atoms with Crippen LogP contribution in [-0.2, 0) is 0 Å². The van der Waals surface area contributed by atoms with Crippen LogP contribution in [0.5, 0.6) is 5.75 Å². The maximum absolute atomic E-state index is 10.3. The fourth-order valence-corrected chi connectivity index (χ4v) is 3.51. The SMILES string of the molecule is CC1(CCCN2CCCC2)CC(O)c2ccccc2O1. The standard InChI is InChI=1S/C17H25NO2/c1-17(9-6-12-18-10-4-5-11-18)13-15(19)14-7-2-3-8-16(14)20-17/h2-3,7-8,15,19H,4-6,9-13H2,1H3. The Labute approximate surface area is 121 Å². The van der Waals surface area contributed by atoms with Gasteiger partial charge in [-0.25, -0.2) is 0 Å². The van der Waals surface area contributed by atoms with Crippen LogP contribution < -0.4 is 4.74 Å². The van der Waals surface area contributed by atoms with Gasteiger partial charge in [-0.2, -0.15) is 0 Å². The van der Waals surface area contributed by atoms with Gasteiger partial charge in [-0.3, -0.25) is 0 Å². The highest BCUT2D eigenvalue weighted by molar-refractivity contribution is 5.37. The molecule has 3 nitrogen and oxygen atoms in total. The van der Waals surface area contributed by atoms with E-state index in [1.165, 1.54) is 25.9 Å². The van der Waals surface area contributed by atoms with E-state index in [9.17, 15) is 5.11 Å². The molecule has 2 heterocycles. The number of ether oxygens (including phenoxy) is 1. The molecule has 0 bridgehead atoms. The van der Waals surface area contributed by atoms with E-state index in [2.05, 4.69) is 11.8 Å². The predicted octanol–water partition coefficient (Wildman–Crippen LogP) is 3.14. The van der Waals surface area contributed by atoms with Gasteiger partial charge in [0.25, 0.3) is 0 Å². The Morgan fingerprint density at radius 2 is 2.05 bits per heavy atom. The number of nitrogens with zero attached hydrogens (tertiary/aromatic N) is 1. The smallest absolute Gasteiger partial charge is 0.125 e. The molecule has 20 heavy (non-hydrogen) atoms. The van der Waals surface area contributed by atoms with Gasteiger partial charge < -0.3 is 14.7 Å². The Morgan fingerprint density at radius 3 is 2.85 bits per heavy atom. The number of hydrogen-bond donors (Lipinski definition) is 1. The quantitative estimate of drug-likeness (QED) is 0.916. The molecule has 2 aliphatic heterocycles. The van der Waals surface area contributed by atoms with E-state index in [0.717, 1.165) is 30.7 Å². The van der Waals surface area contributed by atoms with E-state index >= 15 is 0 Å². The number of benzene rings is 1. The van der Waals surface area contributed by atoms with Crippen LogP contribution in [0.15, 0.2) is 24.3 Å². The molecule has 1 saturated heterocycles. The van der Waals surface area contributed by atoms with Crippen LogP contribution in [0.25, 0.3) is 0 Å². The maximum atomic E-state index is 10.3. The third-order valence-corrected chi connectivity index (χ3v) is 4.64. The van der Waals surface area contributed by atoms with E-state index in [1.807, 2.05) is 24.3 Å². The average Bonchev–Trinajstić information content (AvgIpc) is 2.91. The maximum Gasteiger partial charge on any atom is 0.125 e. The van der Waals surface area contributed by atoms with E-state index in [4.69, 9.17) is 4.74 Å². The largest absolute Gasteiger partial charge is 0.487 e. The van der Waals surface area contributed by atoms with Crippen LogP contribution in [0.4, 0.5) is 0 Å². The van der Waals surface area contributed by atoms with Gasteiger partial charge in [0, 0.05) is 12.0 Å². The van der Waals surface area contributed by atoms with E-state index in [-0.39, 0.29) is 5.60 Å². The van der Waals surface area contributed by atoms with Crippen molar-refractivity contribution in [1.29, 1.82) is 0 Å². The van der Waals surface area contributed by atoms with E-state index in [0.29, 0.717) is 6.42 Å². The van der Waals surface area contributed by atoms with Gasteiger partial charge in [0.15, 0.2) is 0 Å². The second-order valence-electron chi connectivity index (χ2n) is 6.46. The molecule has 1 aromatic rings. The summed E-state index contributed by atoms with van der Waals surface area (Å²) in [5.41, 5.74) is 0.706. The summed E-state index contributed by atoms with van der Waals surface area (Å²) in [4.78, 5) is 2.54. The summed E-state index contributed by atoms with van der Waals surface area (Å²) in [5, 5.41) is 10.3. The first-order valence-electron chi connectivity index (χ1n) is 7.85. The van der Waals surface area contributed by atoms with Crippen molar-refractivity contribution >= 4 is 0 Å². The highest BCUT2D eigenvalue weighted by Crippen LogP contribution is 2.41. The van der Waals surface area contributed by atoms with Crippen LogP contribution in [0, 0.1) is 0 Å². The molecule has 0 spiro atoms. The lowest BCUT2D eigenvalue weighted by Gasteiger charge is -2.38. The van der Waals surface area contributed by atoms with Gasteiger partial charge in [-0.15, -0.1) is 0 Å². The zero-order valence-electron chi connectivity index (χ0n) is 12.3. The minimum absolute atomic E-state index is 0.229. The van der Waals surface area contributed by atoms with Crippen molar-refractivity contribution in [3.05, 3.63) is 29.8 Å². The summed E-state index contributed by atoms with van der Waals surface area (Å²) in [6, 6.07) is 7.86. The van der Waals surface area contributed by atoms with Crippen molar-refractivity contribution in [3.8, 4) is 5.75 Å². The van der Waals surface area contributed by atoms with E-state index in [1.54, 1.807) is 0 Å². The summed E-state index contributed by atoms with van der Waals surface area (Å²) in [6.45, 7) is 5.80. The Bertz CT molecular complexity index is 456. The lowest BCUT2D eigenvalue weighted by molar-refractivity contribution is -0.00925. The van der Waals surface area contributed by atoms with Crippen molar-refractivity contribution in [2.24, 2.45) is 0 Å². The molecule has 3 heteroatoms. The molecule has 1 aromatic carbocycles. The Hall–Kier alpha value is -1.06. The Kier molecular flexibility index (Phi) is 3.99. The van der Waals surface area contributed by atoms with Crippen molar-refractivity contribution in [1.82, 2.24) is 4.90 Å². The monoisotopic (exact) mass is 275 g/mol. The second kappa shape index (κ2) is 5.74. The third-order valence-electron chi connectivity index (χ3n) is 4.64. The summed E-state index contributed by atoms with van der Waals surface area (Å²) in [6.07, 6.45) is 5.15. The number of aliphatic hydroxyl groups is 1. The topological polar surface area (TPSA) is 32.7 Å². The summed E-state index contributed by atoms with van der Waals surface area (Å²) < 4.78 is 6.18. The molecule has 0 amide bonds. The van der Waals surface area contributed by atoms with Gasteiger partial charge in [0.2, 0.25) is 0 Å². The third kappa shape index (κ3) is 2.99. The summed E-state index contributed by atoms with van der Waals surface area (Å²) in [5.74, 6) is 0.856. The molecule has 2 aliphatic rings. The Morgan fingerprint density at radius 1 is 1.30 bits per heavy atom. The highest BCUT2D eigenvalue weighted by atomic mass is 16.5. The fourth-order valence-electron chi connectivity index (χ4n) is 3.51. The van der Waals surface area contributed by atoms with Crippen molar-refractivity contribution in [2.75, 3.05) is 19.6 Å². The first-order valence-corrected chi connectivity index (χ1v) is 7.85. The highest BCUT2D eigenvalue weighted by Gasteiger charge is 2.36. The molecule has 1 fully saturated rings. The van der Waals surface area contributed by atoms with Gasteiger partial charge in [-0.05, 0) is 58.3 Å².